The molecule has 0 aromatic carbocycles. The van der Waals surface area contributed by atoms with Crippen molar-refractivity contribution in [1.29, 1.82) is 0 Å². The molecule has 0 aliphatic heterocycles. The fraction of sp³-hybridized carbons (Fsp3) is 0. The molecule has 0 aliphatic carbocycles. The summed E-state index contributed by atoms with van der Waals surface area (Å²) >= 11 is 1.39. The molecule has 1 N–H and O–H groups in total. The lowest BCUT2D eigenvalue weighted by Crippen LogP contribution is -1.90. The van der Waals surface area contributed by atoms with Crippen LogP contribution in [0.5, 0.6) is 0 Å². The molecule has 0 atom stereocenters. The zero-order valence-electron chi connectivity index (χ0n) is 4.40. The molecule has 0 fully saturated rings. The maximum absolute atomic E-state index is 10.1. The van der Waals surface area contributed by atoms with Crippen LogP contribution >= 0.6 is 28.3 Å². The third-order valence-corrected chi connectivity index (χ3v) is 1.45. The highest BCUT2D eigenvalue weighted by Gasteiger charge is 1.98. The predicted octanol–water partition coefficient (Wildman–Crippen LogP) is 2.02. The Bertz CT molecular complexity index is 183. The number of hydrogen-bond donors (Lipinski definition) is 1. The van der Waals surface area contributed by atoms with Crippen molar-refractivity contribution >= 4 is 34.3 Å². The highest BCUT2D eigenvalue weighted by Crippen LogP contribution is 2.04. The van der Waals surface area contributed by atoms with Crippen LogP contribution in [-0.2, 0) is 0 Å². The van der Waals surface area contributed by atoms with Gasteiger partial charge in [-0.25, -0.2) is 4.79 Å². The van der Waals surface area contributed by atoms with Gasteiger partial charge in [0.1, 0.15) is 0 Å². The Balaban J connectivity index is 0.000000640. The minimum Gasteiger partial charge on any atom is -0.478 e. The first kappa shape index (κ1) is 8.65. The molecule has 1 rings (SSSR count). The van der Waals surface area contributed by atoms with E-state index in [1.807, 2.05) is 0 Å². The second kappa shape index (κ2) is 3.63. The number of carboxylic acids is 1. The minimum absolute atomic E-state index is 0. The third kappa shape index (κ3) is 2.15. The molecular weight excluding hydrogens is 204 g/mol. The van der Waals surface area contributed by atoms with Crippen LogP contribution in [0.1, 0.15) is 10.4 Å². The van der Waals surface area contributed by atoms with Crippen molar-refractivity contribution in [2.45, 2.75) is 0 Å². The Kier molecular flexibility index (Phi) is 3.49. The van der Waals surface area contributed by atoms with Crippen LogP contribution in [0, 0.1) is 0 Å². The highest BCUT2D eigenvalue weighted by atomic mass is 79.9. The van der Waals surface area contributed by atoms with Crippen LogP contribution in [-0.4, -0.2) is 11.1 Å². The van der Waals surface area contributed by atoms with E-state index in [4.69, 9.17) is 5.11 Å². The van der Waals surface area contributed by atoms with Gasteiger partial charge in [0.15, 0.2) is 0 Å². The molecule has 1 heterocycles. The van der Waals surface area contributed by atoms with Crippen molar-refractivity contribution in [2.24, 2.45) is 0 Å². The minimum atomic E-state index is -0.855. The predicted molar refractivity (Wildman–Crippen MR) is 41.6 cm³/mol. The van der Waals surface area contributed by atoms with Gasteiger partial charge in [-0.2, -0.15) is 11.3 Å². The highest BCUT2D eigenvalue weighted by molar-refractivity contribution is 8.93. The molecule has 0 bridgehead atoms. The number of aromatic carboxylic acids is 1. The van der Waals surface area contributed by atoms with Gasteiger partial charge >= 0.3 is 5.97 Å². The van der Waals surface area contributed by atoms with E-state index in [-0.39, 0.29) is 17.0 Å². The first-order valence-electron chi connectivity index (χ1n) is 2.06. The standard InChI is InChI=1S/C5H4O2S.BrH/c6-5(7)4-1-2-8-3-4;/h1-3H,(H,6,7);1H. The first-order valence-corrected chi connectivity index (χ1v) is 3.00. The number of carboxylic acid groups (broad SMARTS) is 1. The smallest absolute Gasteiger partial charge is 0.336 e. The second-order valence-electron chi connectivity index (χ2n) is 1.32. The Labute approximate surface area is 66.9 Å². The van der Waals surface area contributed by atoms with Gasteiger partial charge in [-0.15, -0.1) is 17.0 Å². The van der Waals surface area contributed by atoms with Crippen LogP contribution in [0.15, 0.2) is 16.8 Å². The van der Waals surface area contributed by atoms with Crippen LogP contribution in [0.3, 0.4) is 0 Å². The molecule has 2 nitrogen and oxygen atoms in total. The van der Waals surface area contributed by atoms with Gasteiger partial charge in [0.2, 0.25) is 0 Å². The van der Waals surface area contributed by atoms with Crippen LogP contribution < -0.4 is 0 Å². The van der Waals surface area contributed by atoms with Crippen LogP contribution in [0.4, 0.5) is 0 Å². The summed E-state index contributed by atoms with van der Waals surface area (Å²) in [5.41, 5.74) is 0.370. The molecule has 0 aliphatic rings. The van der Waals surface area contributed by atoms with E-state index >= 15 is 0 Å². The Morgan fingerprint density at radius 2 is 2.33 bits per heavy atom. The summed E-state index contributed by atoms with van der Waals surface area (Å²) in [5, 5.41) is 11.6. The molecule has 0 radical (unpaired) electrons. The summed E-state index contributed by atoms with van der Waals surface area (Å²) in [5.74, 6) is -0.855. The van der Waals surface area contributed by atoms with Crippen LogP contribution in [0.25, 0.3) is 0 Å². The summed E-state index contributed by atoms with van der Waals surface area (Å²) < 4.78 is 0. The van der Waals surface area contributed by atoms with E-state index in [0.717, 1.165) is 0 Å². The Hall–Kier alpha value is -0.350. The van der Waals surface area contributed by atoms with Gasteiger partial charge in [-0.3, -0.25) is 0 Å². The molecule has 0 spiro atoms. The third-order valence-electron chi connectivity index (χ3n) is 0.768. The molecular formula is C5H5BrO2S. The second-order valence-corrected chi connectivity index (χ2v) is 2.10. The fourth-order valence-corrected chi connectivity index (χ4v) is 1.02. The first-order chi connectivity index (χ1) is 3.80. The molecule has 1 aromatic heterocycles. The Morgan fingerprint density at radius 1 is 1.67 bits per heavy atom. The van der Waals surface area contributed by atoms with E-state index in [1.54, 1.807) is 16.8 Å². The monoisotopic (exact) mass is 208 g/mol. The lowest BCUT2D eigenvalue weighted by atomic mass is 10.4. The van der Waals surface area contributed by atoms with Gasteiger partial charge in [0.05, 0.1) is 5.56 Å². The topological polar surface area (TPSA) is 37.3 Å². The zero-order chi connectivity index (χ0) is 5.98. The number of rotatable bonds is 1. The lowest BCUT2D eigenvalue weighted by molar-refractivity contribution is 0.0697. The summed E-state index contributed by atoms with van der Waals surface area (Å²) in [6.45, 7) is 0. The van der Waals surface area contributed by atoms with E-state index in [9.17, 15) is 4.79 Å². The molecule has 9 heavy (non-hydrogen) atoms. The summed E-state index contributed by atoms with van der Waals surface area (Å²) in [6.07, 6.45) is 0. The van der Waals surface area contributed by atoms with Crippen molar-refractivity contribution in [3.63, 3.8) is 0 Å². The zero-order valence-corrected chi connectivity index (χ0v) is 6.93. The molecule has 50 valence electrons. The quantitative estimate of drug-likeness (QED) is 0.768. The molecule has 1 aromatic rings. The van der Waals surface area contributed by atoms with Crippen molar-refractivity contribution in [2.75, 3.05) is 0 Å². The van der Waals surface area contributed by atoms with Gasteiger partial charge in [-0.05, 0) is 11.4 Å². The lowest BCUT2D eigenvalue weighted by Gasteiger charge is -1.78. The molecule has 0 unspecified atom stereocenters. The van der Waals surface area contributed by atoms with Gasteiger partial charge < -0.3 is 5.11 Å². The number of hydrogen-bond acceptors (Lipinski definition) is 2. The van der Waals surface area contributed by atoms with E-state index < -0.39 is 5.97 Å². The fourth-order valence-electron chi connectivity index (χ4n) is 0.386. The SMILES string of the molecule is Br.O=C(O)c1ccsc1. The molecule has 0 saturated carbocycles. The van der Waals surface area contributed by atoms with Gasteiger partial charge in [0, 0.05) is 5.38 Å². The van der Waals surface area contributed by atoms with Gasteiger partial charge in [-0.1, -0.05) is 0 Å². The van der Waals surface area contributed by atoms with Crippen molar-refractivity contribution in [1.82, 2.24) is 0 Å². The number of halogens is 1. The summed E-state index contributed by atoms with van der Waals surface area (Å²) in [4.78, 5) is 10.1. The molecule has 0 amide bonds. The Morgan fingerprint density at radius 3 is 2.56 bits per heavy atom. The average Bonchev–Trinajstić information content (AvgIpc) is 2.12. The summed E-state index contributed by atoms with van der Waals surface area (Å²) in [6, 6.07) is 1.58. The molecule has 4 heteroatoms. The van der Waals surface area contributed by atoms with Crippen LogP contribution in [0.2, 0.25) is 0 Å². The normalized spacial score (nSPS) is 8.00. The van der Waals surface area contributed by atoms with Gasteiger partial charge in [0.25, 0.3) is 0 Å². The number of carbonyl (C=O) groups is 1. The largest absolute Gasteiger partial charge is 0.478 e. The molecule has 0 saturated heterocycles. The maximum atomic E-state index is 10.1. The van der Waals surface area contributed by atoms with E-state index in [1.165, 1.54) is 11.3 Å². The van der Waals surface area contributed by atoms with E-state index in [2.05, 4.69) is 0 Å². The van der Waals surface area contributed by atoms with Crippen molar-refractivity contribution in [3.05, 3.63) is 22.4 Å². The maximum Gasteiger partial charge on any atom is 0.336 e. The van der Waals surface area contributed by atoms with Crippen molar-refractivity contribution in [3.8, 4) is 0 Å². The summed E-state index contributed by atoms with van der Waals surface area (Å²) in [7, 11) is 0. The van der Waals surface area contributed by atoms with Crippen molar-refractivity contribution < 1.29 is 9.90 Å². The number of thiophene rings is 1. The average molecular weight is 209 g/mol. The van der Waals surface area contributed by atoms with E-state index in [0.29, 0.717) is 5.56 Å².